The summed E-state index contributed by atoms with van der Waals surface area (Å²) in [4.78, 5) is 31.0. The zero-order valence-electron chi connectivity index (χ0n) is 24.9. The molecule has 44 heavy (non-hydrogen) atoms. The van der Waals surface area contributed by atoms with Crippen LogP contribution >= 0.6 is 0 Å². The average Bonchev–Trinajstić information content (AvgIpc) is 3.48. The minimum atomic E-state index is -4.14. The first-order valence-electron chi connectivity index (χ1n) is 14.0. The number of fused-ring (bicyclic) bond motifs is 1. The van der Waals surface area contributed by atoms with Crippen molar-refractivity contribution >= 4 is 39.1 Å². The maximum atomic E-state index is 14.1. The van der Waals surface area contributed by atoms with E-state index in [-0.39, 0.29) is 35.1 Å². The lowest BCUT2D eigenvalue weighted by Gasteiger charge is -2.33. The van der Waals surface area contributed by atoms with Gasteiger partial charge in [-0.1, -0.05) is 48.0 Å². The predicted molar refractivity (Wildman–Crippen MR) is 166 cm³/mol. The number of carbonyl (C=O) groups is 2. The normalized spacial score (nSPS) is 14.3. The topological polar surface area (TPSA) is 132 Å². The summed E-state index contributed by atoms with van der Waals surface area (Å²) in [7, 11) is -2.90. The number of aromatic nitrogens is 2. The van der Waals surface area contributed by atoms with Crippen molar-refractivity contribution in [3.8, 4) is 5.75 Å². The smallest absolute Gasteiger partial charge is 0.341 e. The molecule has 12 heteroatoms. The molecule has 228 valence electrons. The third-order valence-electron chi connectivity index (χ3n) is 7.20. The first kappa shape index (κ1) is 30.5. The number of aryl methyl sites for hydroxylation is 3. The van der Waals surface area contributed by atoms with Crippen LogP contribution in [0.1, 0.15) is 39.5 Å². The summed E-state index contributed by atoms with van der Waals surface area (Å²) in [6.07, 6.45) is 2.89. The molecule has 0 aliphatic carbocycles. The quantitative estimate of drug-likeness (QED) is 0.197. The van der Waals surface area contributed by atoms with Gasteiger partial charge in [0.2, 0.25) is 0 Å². The number of esters is 1. The Hall–Kier alpha value is -4.97. The Balaban J connectivity index is 1.54. The minimum absolute atomic E-state index is 0.0211. The summed E-state index contributed by atoms with van der Waals surface area (Å²) >= 11 is 0. The molecule has 1 atom stereocenters. The fourth-order valence-corrected chi connectivity index (χ4v) is 6.57. The number of hydrogen-bond acceptors (Lipinski definition) is 8. The van der Waals surface area contributed by atoms with Gasteiger partial charge in [0.05, 0.1) is 31.2 Å². The van der Waals surface area contributed by atoms with E-state index < -0.39 is 27.9 Å². The largest absolute Gasteiger partial charge is 0.493 e. The van der Waals surface area contributed by atoms with E-state index in [9.17, 15) is 18.0 Å². The molecule has 1 unspecified atom stereocenters. The van der Waals surface area contributed by atoms with E-state index in [4.69, 9.17) is 14.5 Å². The highest BCUT2D eigenvalue weighted by molar-refractivity contribution is 7.90. The summed E-state index contributed by atoms with van der Waals surface area (Å²) in [6.45, 7) is 5.98. The zero-order chi connectivity index (χ0) is 31.4. The standard InChI is InChI=1S/C32H33N5O6S/c1-21-14-15-27(23(3)18-21)43-17-9-16-37-30(34-26-12-7-8-13-28(26)44(37,40)41)29(36-20-24(19-33-36)32(39)42-4)31(38)35-25-11-6-5-10-22(25)2/h5-8,10-15,18-20,29H,9,16-17H2,1-4H3,(H,35,38). The molecule has 2 heterocycles. The third-order valence-corrected chi connectivity index (χ3v) is 9.05. The van der Waals surface area contributed by atoms with E-state index in [1.54, 1.807) is 30.3 Å². The first-order valence-corrected chi connectivity index (χ1v) is 15.4. The molecule has 3 aromatic carbocycles. The highest BCUT2D eigenvalue weighted by atomic mass is 32.2. The molecule has 1 aliphatic rings. The van der Waals surface area contributed by atoms with Gasteiger partial charge in [0, 0.05) is 24.8 Å². The summed E-state index contributed by atoms with van der Waals surface area (Å²) < 4.78 is 41.3. The molecule has 5 rings (SSSR count). The maximum Gasteiger partial charge on any atom is 0.341 e. The summed E-state index contributed by atoms with van der Waals surface area (Å²) in [5.74, 6) is -0.610. The lowest BCUT2D eigenvalue weighted by Crippen LogP contribution is -2.47. The number of carbonyl (C=O) groups excluding carboxylic acids is 2. The number of benzene rings is 3. The highest BCUT2D eigenvalue weighted by Crippen LogP contribution is 2.35. The number of hydrogen-bond donors (Lipinski definition) is 1. The lowest BCUT2D eigenvalue weighted by atomic mass is 10.1. The van der Waals surface area contributed by atoms with Crippen molar-refractivity contribution in [2.24, 2.45) is 4.99 Å². The number of methoxy groups -OCH3 is 1. The minimum Gasteiger partial charge on any atom is -0.493 e. The molecule has 4 aromatic rings. The molecule has 0 radical (unpaired) electrons. The molecular weight excluding hydrogens is 582 g/mol. The molecule has 1 aromatic heterocycles. The van der Waals surface area contributed by atoms with Gasteiger partial charge >= 0.3 is 5.97 Å². The Morgan fingerprint density at radius 1 is 0.977 bits per heavy atom. The first-order chi connectivity index (χ1) is 21.1. The highest BCUT2D eigenvalue weighted by Gasteiger charge is 2.41. The van der Waals surface area contributed by atoms with Crippen molar-refractivity contribution in [3.63, 3.8) is 0 Å². The van der Waals surface area contributed by atoms with Gasteiger partial charge in [-0.05, 0) is 56.2 Å². The van der Waals surface area contributed by atoms with Crippen LogP contribution in [0.2, 0.25) is 0 Å². The predicted octanol–water partition coefficient (Wildman–Crippen LogP) is 4.98. The number of sulfonamides is 1. The van der Waals surface area contributed by atoms with Crippen LogP contribution < -0.4 is 10.1 Å². The fraction of sp³-hybridized carbons (Fsp3) is 0.250. The van der Waals surface area contributed by atoms with E-state index in [1.165, 1.54) is 30.3 Å². The Morgan fingerprint density at radius 3 is 2.48 bits per heavy atom. The Bertz CT molecular complexity index is 1850. The number of nitrogens with one attached hydrogen (secondary N) is 1. The van der Waals surface area contributed by atoms with Gasteiger partial charge in [0.25, 0.3) is 15.9 Å². The van der Waals surface area contributed by atoms with E-state index >= 15 is 0 Å². The van der Waals surface area contributed by atoms with Crippen LogP contribution in [-0.2, 0) is 19.6 Å². The third kappa shape index (κ3) is 6.20. The van der Waals surface area contributed by atoms with Crippen LogP contribution in [0.15, 0.2) is 89.0 Å². The summed E-state index contributed by atoms with van der Waals surface area (Å²) in [5.41, 5.74) is 3.71. The maximum absolute atomic E-state index is 14.1. The van der Waals surface area contributed by atoms with Crippen LogP contribution in [0.25, 0.3) is 0 Å². The summed E-state index contributed by atoms with van der Waals surface area (Å²) in [5, 5.41) is 7.15. The van der Waals surface area contributed by atoms with Gasteiger partial charge in [0.15, 0.2) is 11.9 Å². The van der Waals surface area contributed by atoms with Crippen LogP contribution in [-0.4, -0.2) is 60.5 Å². The van der Waals surface area contributed by atoms with Gasteiger partial charge in [-0.15, -0.1) is 0 Å². The number of para-hydroxylation sites is 2. The lowest BCUT2D eigenvalue weighted by molar-refractivity contribution is -0.117. The van der Waals surface area contributed by atoms with Crippen molar-refractivity contribution < 1.29 is 27.5 Å². The number of ether oxygens (including phenoxy) is 2. The molecule has 0 fully saturated rings. The van der Waals surface area contributed by atoms with Crippen LogP contribution in [0.4, 0.5) is 11.4 Å². The molecular formula is C32H33N5O6S. The second kappa shape index (κ2) is 12.7. The van der Waals surface area contributed by atoms with Crippen molar-refractivity contribution in [3.05, 3.63) is 101 Å². The molecule has 0 bridgehead atoms. The number of anilines is 1. The Kier molecular flexibility index (Phi) is 8.81. The molecule has 1 N–H and O–H groups in total. The van der Waals surface area contributed by atoms with E-state index in [0.717, 1.165) is 21.0 Å². The molecule has 1 aliphatic heterocycles. The second-order valence-electron chi connectivity index (χ2n) is 10.4. The van der Waals surface area contributed by atoms with Crippen LogP contribution in [0.5, 0.6) is 5.75 Å². The molecule has 0 spiro atoms. The number of nitrogens with zero attached hydrogens (tertiary/aromatic N) is 4. The van der Waals surface area contributed by atoms with E-state index in [0.29, 0.717) is 17.9 Å². The van der Waals surface area contributed by atoms with Gasteiger partial charge in [0.1, 0.15) is 10.6 Å². The van der Waals surface area contributed by atoms with Crippen molar-refractivity contribution in [1.82, 2.24) is 14.1 Å². The number of aliphatic imine (C=N–C) groups is 1. The monoisotopic (exact) mass is 615 g/mol. The number of rotatable bonds is 10. The Labute approximate surface area is 256 Å². The van der Waals surface area contributed by atoms with Gasteiger partial charge in [-0.2, -0.15) is 5.10 Å². The second-order valence-corrected chi connectivity index (χ2v) is 12.2. The SMILES string of the molecule is COC(=O)c1cnn(C(C(=O)Nc2ccccc2C)C2=Nc3ccccc3S(=O)(=O)N2CCCOc2ccc(C)cc2C)c1. The van der Waals surface area contributed by atoms with Gasteiger partial charge in [-0.25, -0.2) is 18.2 Å². The fourth-order valence-electron chi connectivity index (χ4n) is 4.94. The van der Waals surface area contributed by atoms with Crippen molar-refractivity contribution in [1.29, 1.82) is 0 Å². The molecule has 1 amide bonds. The van der Waals surface area contributed by atoms with Crippen LogP contribution in [0.3, 0.4) is 0 Å². The van der Waals surface area contributed by atoms with E-state index in [2.05, 4.69) is 10.4 Å². The molecule has 11 nitrogen and oxygen atoms in total. The number of amidine groups is 1. The van der Waals surface area contributed by atoms with Gasteiger partial charge in [-0.3, -0.25) is 13.8 Å². The Morgan fingerprint density at radius 2 is 1.73 bits per heavy atom. The molecule has 0 saturated carbocycles. The molecule has 0 saturated heterocycles. The van der Waals surface area contributed by atoms with Crippen molar-refractivity contribution in [2.75, 3.05) is 25.6 Å². The summed E-state index contributed by atoms with van der Waals surface area (Å²) in [6, 6.07) is 18.0. The van der Waals surface area contributed by atoms with E-state index in [1.807, 2.05) is 51.1 Å². The van der Waals surface area contributed by atoms with Gasteiger partial charge < -0.3 is 14.8 Å². The number of amides is 1. The average molecular weight is 616 g/mol. The zero-order valence-corrected chi connectivity index (χ0v) is 25.7. The van der Waals surface area contributed by atoms with Crippen LogP contribution in [0, 0.1) is 20.8 Å². The van der Waals surface area contributed by atoms with Crippen molar-refractivity contribution in [2.45, 2.75) is 38.1 Å².